The number of amides is 1. The summed E-state index contributed by atoms with van der Waals surface area (Å²) in [6.45, 7) is 5.21. The van der Waals surface area contributed by atoms with Crippen molar-refractivity contribution in [2.24, 2.45) is 0 Å². The lowest BCUT2D eigenvalue weighted by Gasteiger charge is -2.13. The number of halogens is 1. The van der Waals surface area contributed by atoms with Crippen LogP contribution in [0, 0.1) is 13.8 Å². The number of benzene rings is 1. The van der Waals surface area contributed by atoms with Gasteiger partial charge in [-0.05, 0) is 44.5 Å². The van der Waals surface area contributed by atoms with Crippen molar-refractivity contribution >= 4 is 35.1 Å². The SMILES string of the molecule is Cc1ccc(C)c(C(=O)CCC(=O)O[C@H](C)C(=O)Nc2ccc(Cl)cn2)c1. The standard InChI is InChI=1S/C20H21ClN2O4/c1-12-4-5-13(2)16(10-12)17(24)7-9-19(25)27-14(3)20(26)23-18-8-6-15(21)11-22-18/h4-6,8,10-11,14H,7,9H2,1-3H3,(H,22,23,26)/t14-/m1/s1. The van der Waals surface area contributed by atoms with Crippen molar-refractivity contribution in [3.05, 3.63) is 58.2 Å². The van der Waals surface area contributed by atoms with E-state index in [4.69, 9.17) is 16.3 Å². The zero-order valence-electron chi connectivity index (χ0n) is 15.4. The summed E-state index contributed by atoms with van der Waals surface area (Å²) in [5.41, 5.74) is 2.44. The average molecular weight is 389 g/mol. The van der Waals surface area contributed by atoms with Gasteiger partial charge in [0.05, 0.1) is 11.4 Å². The van der Waals surface area contributed by atoms with Gasteiger partial charge < -0.3 is 10.1 Å². The summed E-state index contributed by atoms with van der Waals surface area (Å²) < 4.78 is 5.09. The maximum absolute atomic E-state index is 12.3. The Morgan fingerprint density at radius 3 is 2.56 bits per heavy atom. The smallest absolute Gasteiger partial charge is 0.307 e. The van der Waals surface area contributed by atoms with Crippen molar-refractivity contribution < 1.29 is 19.1 Å². The number of nitrogens with one attached hydrogen (secondary N) is 1. The Bertz CT molecular complexity index is 850. The molecule has 2 aromatic rings. The maximum atomic E-state index is 12.3. The van der Waals surface area contributed by atoms with E-state index in [1.54, 1.807) is 12.1 Å². The second kappa shape index (κ2) is 9.28. The first kappa shape index (κ1) is 20.6. The molecular formula is C20H21ClN2O4. The number of ketones is 1. The van der Waals surface area contributed by atoms with Crippen LogP contribution in [0.4, 0.5) is 5.82 Å². The topological polar surface area (TPSA) is 85.4 Å². The lowest BCUT2D eigenvalue weighted by Crippen LogP contribution is -2.30. The largest absolute Gasteiger partial charge is 0.453 e. The van der Waals surface area contributed by atoms with E-state index in [-0.39, 0.29) is 18.6 Å². The summed E-state index contributed by atoms with van der Waals surface area (Å²) in [5, 5.41) is 2.97. The number of Topliss-reactive ketones (excluding diaryl/α,β-unsaturated/α-hetero) is 1. The van der Waals surface area contributed by atoms with Gasteiger partial charge in [-0.25, -0.2) is 4.98 Å². The Morgan fingerprint density at radius 1 is 1.15 bits per heavy atom. The fraction of sp³-hybridized carbons (Fsp3) is 0.300. The van der Waals surface area contributed by atoms with E-state index in [1.165, 1.54) is 19.2 Å². The van der Waals surface area contributed by atoms with Crippen LogP contribution in [-0.4, -0.2) is 28.7 Å². The lowest BCUT2D eigenvalue weighted by molar-refractivity contribution is -0.153. The van der Waals surface area contributed by atoms with Gasteiger partial charge in [-0.1, -0.05) is 29.3 Å². The number of hydrogen-bond acceptors (Lipinski definition) is 5. The number of rotatable bonds is 7. The summed E-state index contributed by atoms with van der Waals surface area (Å²) in [6, 6.07) is 8.73. The van der Waals surface area contributed by atoms with Crippen molar-refractivity contribution in [2.75, 3.05) is 5.32 Å². The van der Waals surface area contributed by atoms with Crippen LogP contribution >= 0.6 is 11.6 Å². The zero-order valence-corrected chi connectivity index (χ0v) is 16.2. The Hall–Kier alpha value is -2.73. The van der Waals surface area contributed by atoms with Gasteiger partial charge in [-0.3, -0.25) is 14.4 Å². The summed E-state index contributed by atoms with van der Waals surface area (Å²) in [7, 11) is 0. The summed E-state index contributed by atoms with van der Waals surface area (Å²) in [5.74, 6) is -0.951. The first-order chi connectivity index (χ1) is 12.8. The fourth-order valence-corrected chi connectivity index (χ4v) is 2.49. The normalized spacial score (nSPS) is 11.6. The van der Waals surface area contributed by atoms with E-state index in [0.717, 1.165) is 11.1 Å². The Balaban J connectivity index is 1.83. The third-order valence-corrected chi connectivity index (χ3v) is 4.13. The highest BCUT2D eigenvalue weighted by atomic mass is 35.5. The minimum atomic E-state index is -1.01. The number of aryl methyl sites for hydroxylation is 2. The first-order valence-electron chi connectivity index (χ1n) is 8.48. The number of pyridine rings is 1. The number of esters is 1. The van der Waals surface area contributed by atoms with E-state index in [9.17, 15) is 14.4 Å². The van der Waals surface area contributed by atoms with Crippen LogP contribution in [0.3, 0.4) is 0 Å². The molecule has 0 bridgehead atoms. The molecule has 0 aliphatic carbocycles. The fourth-order valence-electron chi connectivity index (χ4n) is 2.37. The van der Waals surface area contributed by atoms with Gasteiger partial charge in [0.25, 0.3) is 5.91 Å². The summed E-state index contributed by atoms with van der Waals surface area (Å²) >= 11 is 5.73. The molecule has 142 valence electrons. The van der Waals surface area contributed by atoms with Crippen LogP contribution in [0.25, 0.3) is 0 Å². The molecule has 0 unspecified atom stereocenters. The van der Waals surface area contributed by atoms with Crippen LogP contribution in [0.2, 0.25) is 5.02 Å². The summed E-state index contributed by atoms with van der Waals surface area (Å²) in [6.07, 6.45) is 0.317. The number of aromatic nitrogens is 1. The van der Waals surface area contributed by atoms with Gasteiger partial charge in [0, 0.05) is 18.2 Å². The van der Waals surface area contributed by atoms with E-state index in [1.807, 2.05) is 26.0 Å². The Kier molecular flexibility index (Phi) is 7.07. The molecule has 0 spiro atoms. The molecule has 2 rings (SSSR count). The molecule has 0 saturated carbocycles. The number of ether oxygens (including phenoxy) is 1. The van der Waals surface area contributed by atoms with Gasteiger partial charge in [0.15, 0.2) is 11.9 Å². The molecule has 1 aromatic carbocycles. The van der Waals surface area contributed by atoms with Gasteiger partial charge in [-0.2, -0.15) is 0 Å². The van der Waals surface area contributed by atoms with Crippen molar-refractivity contribution in [3.63, 3.8) is 0 Å². The van der Waals surface area contributed by atoms with Crippen LogP contribution < -0.4 is 5.32 Å². The Morgan fingerprint density at radius 2 is 1.89 bits per heavy atom. The molecule has 1 amide bonds. The van der Waals surface area contributed by atoms with E-state index in [2.05, 4.69) is 10.3 Å². The summed E-state index contributed by atoms with van der Waals surface area (Å²) in [4.78, 5) is 40.2. The predicted octanol–water partition coefficient (Wildman–Crippen LogP) is 3.89. The molecule has 27 heavy (non-hydrogen) atoms. The molecule has 6 nitrogen and oxygen atoms in total. The lowest BCUT2D eigenvalue weighted by atomic mass is 9.99. The second-order valence-corrected chi connectivity index (χ2v) is 6.66. The van der Waals surface area contributed by atoms with Gasteiger partial charge in [-0.15, -0.1) is 0 Å². The molecule has 0 aliphatic rings. The van der Waals surface area contributed by atoms with Crippen LogP contribution in [0.15, 0.2) is 36.5 Å². The highest BCUT2D eigenvalue weighted by Crippen LogP contribution is 2.15. The van der Waals surface area contributed by atoms with Crippen molar-refractivity contribution in [1.29, 1.82) is 0 Å². The number of nitrogens with zero attached hydrogens (tertiary/aromatic N) is 1. The highest BCUT2D eigenvalue weighted by molar-refractivity contribution is 6.30. The Labute approximate surface area is 162 Å². The molecule has 1 heterocycles. The van der Waals surface area contributed by atoms with Gasteiger partial charge in [0.2, 0.25) is 0 Å². The molecule has 0 fully saturated rings. The minimum Gasteiger partial charge on any atom is -0.453 e. The van der Waals surface area contributed by atoms with Crippen LogP contribution in [0.5, 0.6) is 0 Å². The second-order valence-electron chi connectivity index (χ2n) is 6.22. The molecule has 0 saturated heterocycles. The van der Waals surface area contributed by atoms with Crippen molar-refractivity contribution in [1.82, 2.24) is 4.98 Å². The molecular weight excluding hydrogens is 368 g/mol. The molecule has 1 atom stereocenters. The minimum absolute atomic E-state index is 0.0240. The zero-order chi connectivity index (χ0) is 20.0. The van der Waals surface area contributed by atoms with Crippen LogP contribution in [0.1, 0.15) is 41.3 Å². The predicted molar refractivity (Wildman–Crippen MR) is 103 cm³/mol. The third-order valence-electron chi connectivity index (χ3n) is 3.91. The van der Waals surface area contributed by atoms with Crippen molar-refractivity contribution in [3.8, 4) is 0 Å². The highest BCUT2D eigenvalue weighted by Gasteiger charge is 2.19. The van der Waals surface area contributed by atoms with Gasteiger partial charge >= 0.3 is 5.97 Å². The quantitative estimate of drug-likeness (QED) is 0.574. The average Bonchev–Trinajstić information content (AvgIpc) is 2.63. The van der Waals surface area contributed by atoms with Crippen molar-refractivity contribution in [2.45, 2.75) is 39.7 Å². The van der Waals surface area contributed by atoms with E-state index >= 15 is 0 Å². The number of carbonyl (C=O) groups is 3. The third kappa shape index (κ3) is 6.18. The number of hydrogen-bond donors (Lipinski definition) is 1. The number of anilines is 1. The molecule has 0 radical (unpaired) electrons. The van der Waals surface area contributed by atoms with Crippen LogP contribution in [-0.2, 0) is 14.3 Å². The number of carbonyl (C=O) groups excluding carboxylic acids is 3. The molecule has 7 heteroatoms. The maximum Gasteiger partial charge on any atom is 0.307 e. The van der Waals surface area contributed by atoms with E-state index < -0.39 is 18.0 Å². The first-order valence-corrected chi connectivity index (χ1v) is 8.86. The van der Waals surface area contributed by atoms with Gasteiger partial charge in [0.1, 0.15) is 5.82 Å². The molecule has 1 aromatic heterocycles. The molecule has 0 aliphatic heterocycles. The van der Waals surface area contributed by atoms with E-state index in [0.29, 0.717) is 16.4 Å². The molecule has 1 N–H and O–H groups in total. The monoisotopic (exact) mass is 388 g/mol.